The number of carbonyl (C=O) groups excluding carboxylic acids is 2. The Balaban J connectivity index is 1.17. The maximum atomic E-state index is 13.0. The van der Waals surface area contributed by atoms with Gasteiger partial charge in [-0.3, -0.25) is 9.69 Å². The van der Waals surface area contributed by atoms with Crippen molar-refractivity contribution in [1.82, 2.24) is 19.6 Å². The summed E-state index contributed by atoms with van der Waals surface area (Å²) in [6.07, 6.45) is 8.07. The van der Waals surface area contributed by atoms with E-state index in [1.807, 2.05) is 4.90 Å². The van der Waals surface area contributed by atoms with Gasteiger partial charge in [-0.25, -0.2) is 4.79 Å². The Labute approximate surface area is 208 Å². The molecular formula is C27H38N6O2. The second-order valence-electron chi connectivity index (χ2n) is 10.8. The van der Waals surface area contributed by atoms with E-state index in [9.17, 15) is 9.59 Å². The Bertz CT molecular complexity index is 1080. The molecule has 188 valence electrons. The highest BCUT2D eigenvalue weighted by Crippen LogP contribution is 2.40. The lowest BCUT2D eigenvalue weighted by Gasteiger charge is -2.27. The van der Waals surface area contributed by atoms with Crippen LogP contribution in [0.3, 0.4) is 0 Å². The first-order valence-electron chi connectivity index (χ1n) is 12.9. The molecule has 3 heterocycles. The van der Waals surface area contributed by atoms with Crippen LogP contribution in [0, 0.1) is 18.8 Å². The third-order valence-electron chi connectivity index (χ3n) is 8.27. The number of fused-ring (bicyclic) bond motifs is 1. The molecule has 0 radical (unpaired) electrons. The van der Waals surface area contributed by atoms with Crippen LogP contribution in [0.1, 0.15) is 43.7 Å². The molecule has 2 aliphatic heterocycles. The van der Waals surface area contributed by atoms with Crippen LogP contribution >= 0.6 is 0 Å². The van der Waals surface area contributed by atoms with Gasteiger partial charge in [0.2, 0.25) is 5.91 Å². The minimum absolute atomic E-state index is 0.0826. The number of likely N-dealkylation sites (tertiary alicyclic amines) is 1. The van der Waals surface area contributed by atoms with Crippen molar-refractivity contribution >= 4 is 23.3 Å². The number of hydrogen-bond donors (Lipinski definition) is 0. The van der Waals surface area contributed by atoms with E-state index >= 15 is 0 Å². The van der Waals surface area contributed by atoms with Gasteiger partial charge in [-0.05, 0) is 74.8 Å². The van der Waals surface area contributed by atoms with Gasteiger partial charge in [0.05, 0.1) is 18.1 Å². The van der Waals surface area contributed by atoms with E-state index in [0.29, 0.717) is 23.6 Å². The first-order chi connectivity index (χ1) is 16.8. The average Bonchev–Trinajstić information content (AvgIpc) is 3.61. The van der Waals surface area contributed by atoms with Gasteiger partial charge >= 0.3 is 6.03 Å². The molecule has 1 aliphatic carbocycles. The van der Waals surface area contributed by atoms with Crippen LogP contribution in [-0.4, -0.2) is 77.8 Å². The highest BCUT2D eigenvalue weighted by molar-refractivity contribution is 5.91. The summed E-state index contributed by atoms with van der Waals surface area (Å²) >= 11 is 0. The van der Waals surface area contributed by atoms with Gasteiger partial charge in [-0.2, -0.15) is 9.78 Å². The Kier molecular flexibility index (Phi) is 6.57. The number of aryl methyl sites for hydroxylation is 1. The van der Waals surface area contributed by atoms with E-state index in [-0.39, 0.29) is 11.9 Å². The van der Waals surface area contributed by atoms with E-state index in [0.717, 1.165) is 32.5 Å². The van der Waals surface area contributed by atoms with Crippen molar-refractivity contribution in [3.63, 3.8) is 0 Å². The largest absolute Gasteiger partial charge is 0.372 e. The first kappa shape index (κ1) is 23.9. The monoisotopic (exact) mass is 478 g/mol. The Morgan fingerprint density at radius 2 is 1.74 bits per heavy atom. The molecule has 8 heteroatoms. The minimum atomic E-state index is -0.0956. The van der Waals surface area contributed by atoms with Crippen molar-refractivity contribution in [2.45, 2.75) is 52.1 Å². The van der Waals surface area contributed by atoms with Crippen molar-refractivity contribution in [2.75, 3.05) is 50.1 Å². The topological polar surface area (TPSA) is 64.9 Å². The van der Waals surface area contributed by atoms with Crippen molar-refractivity contribution in [3.8, 4) is 0 Å². The van der Waals surface area contributed by atoms with Gasteiger partial charge in [0.15, 0.2) is 0 Å². The molecular weight excluding hydrogens is 440 g/mol. The zero-order valence-electron chi connectivity index (χ0n) is 21.5. The van der Waals surface area contributed by atoms with E-state index in [1.54, 1.807) is 19.4 Å². The predicted molar refractivity (Wildman–Crippen MR) is 138 cm³/mol. The summed E-state index contributed by atoms with van der Waals surface area (Å²) in [5, 5.41) is 4.21. The minimum Gasteiger partial charge on any atom is -0.372 e. The molecule has 2 aromatic rings. The van der Waals surface area contributed by atoms with E-state index < -0.39 is 0 Å². The van der Waals surface area contributed by atoms with Crippen LogP contribution in [0.25, 0.3) is 0 Å². The summed E-state index contributed by atoms with van der Waals surface area (Å²) in [6, 6.07) is 7.49. The molecule has 0 bridgehead atoms. The Morgan fingerprint density at radius 3 is 2.40 bits per heavy atom. The average molecular weight is 479 g/mol. The number of hydrogen-bond acceptors (Lipinski definition) is 5. The lowest BCUT2D eigenvalue weighted by atomic mass is 10.0. The molecule has 5 rings (SSSR count). The van der Waals surface area contributed by atoms with Crippen LogP contribution in [0.4, 0.5) is 16.2 Å². The van der Waals surface area contributed by atoms with Crippen molar-refractivity contribution < 1.29 is 9.59 Å². The fourth-order valence-electron chi connectivity index (χ4n) is 6.21. The number of anilines is 2. The molecule has 3 fully saturated rings. The zero-order valence-corrected chi connectivity index (χ0v) is 21.5. The summed E-state index contributed by atoms with van der Waals surface area (Å²) in [5.74, 6) is 0.999. The van der Waals surface area contributed by atoms with Gasteiger partial charge in [-0.15, -0.1) is 0 Å². The molecule has 1 saturated carbocycles. The fraction of sp³-hybridized carbons (Fsp3) is 0.593. The molecule has 1 aromatic carbocycles. The predicted octanol–water partition coefficient (Wildman–Crippen LogP) is 3.58. The van der Waals surface area contributed by atoms with Gasteiger partial charge < -0.3 is 14.7 Å². The molecule has 2 amide bonds. The molecule has 0 spiro atoms. The second-order valence-corrected chi connectivity index (χ2v) is 10.8. The molecule has 8 nitrogen and oxygen atoms in total. The number of carbonyl (C=O) groups is 2. The van der Waals surface area contributed by atoms with Crippen molar-refractivity contribution in [2.24, 2.45) is 11.8 Å². The summed E-state index contributed by atoms with van der Waals surface area (Å²) in [4.78, 5) is 33.1. The summed E-state index contributed by atoms with van der Waals surface area (Å²) in [6.45, 7) is 8.59. The maximum absolute atomic E-state index is 13.0. The normalized spacial score (nSPS) is 23.9. The van der Waals surface area contributed by atoms with Gasteiger partial charge in [0, 0.05) is 58.4 Å². The fourth-order valence-corrected chi connectivity index (χ4v) is 6.21. The zero-order chi connectivity index (χ0) is 24.7. The number of amides is 2. The molecule has 2 saturated heterocycles. The van der Waals surface area contributed by atoms with Crippen LogP contribution in [0.15, 0.2) is 30.6 Å². The summed E-state index contributed by atoms with van der Waals surface area (Å²) in [7, 11) is 3.94. The molecule has 0 N–H and O–H groups in total. The Hall–Kier alpha value is -2.87. The lowest BCUT2D eigenvalue weighted by Crippen LogP contribution is -2.36. The lowest BCUT2D eigenvalue weighted by molar-refractivity contribution is -0.116. The third kappa shape index (κ3) is 4.94. The van der Waals surface area contributed by atoms with Gasteiger partial charge in [-0.1, -0.05) is 6.07 Å². The number of rotatable bonds is 5. The van der Waals surface area contributed by atoms with E-state index in [4.69, 9.17) is 0 Å². The molecule has 3 atom stereocenters. The standard InChI is InChI=1S/C27H38N6O2/c1-19-9-21(11-25(10-19)31-7-5-6-8-31)15-29(3)24-12-22-16-32(17-23(22)13-24)27(35)33-18-26(14-28-33)30(4)20(2)34/h9-11,14,18,22-24H,5-8,12-13,15-17H2,1-4H3/t22-,23+,24?. The third-order valence-corrected chi connectivity index (χ3v) is 8.27. The molecule has 1 aromatic heterocycles. The number of nitrogens with zero attached hydrogens (tertiary/aromatic N) is 6. The quantitative estimate of drug-likeness (QED) is 0.657. The first-order valence-corrected chi connectivity index (χ1v) is 12.9. The molecule has 3 aliphatic rings. The SMILES string of the molecule is CC(=O)N(C)c1cnn(C(=O)N2C[C@H]3CC(N(C)Cc4cc(C)cc(N5CCCC5)c4)C[C@H]3C2)c1. The van der Waals surface area contributed by atoms with Crippen molar-refractivity contribution in [3.05, 3.63) is 41.7 Å². The highest BCUT2D eigenvalue weighted by atomic mass is 16.2. The number of benzene rings is 1. The molecule has 35 heavy (non-hydrogen) atoms. The molecule has 1 unspecified atom stereocenters. The van der Waals surface area contributed by atoms with Crippen LogP contribution in [0.5, 0.6) is 0 Å². The van der Waals surface area contributed by atoms with Crippen LogP contribution in [0.2, 0.25) is 0 Å². The van der Waals surface area contributed by atoms with Crippen molar-refractivity contribution in [1.29, 1.82) is 0 Å². The summed E-state index contributed by atoms with van der Waals surface area (Å²) in [5.41, 5.74) is 4.75. The van der Waals surface area contributed by atoms with E-state index in [2.05, 4.69) is 47.1 Å². The second kappa shape index (κ2) is 9.64. The smallest absolute Gasteiger partial charge is 0.344 e. The summed E-state index contributed by atoms with van der Waals surface area (Å²) < 4.78 is 1.37. The number of aromatic nitrogens is 2. The van der Waals surface area contributed by atoms with Gasteiger partial charge in [0.1, 0.15) is 0 Å². The van der Waals surface area contributed by atoms with Gasteiger partial charge in [0.25, 0.3) is 0 Å². The maximum Gasteiger partial charge on any atom is 0.344 e. The van der Waals surface area contributed by atoms with E-state index in [1.165, 1.54) is 59.3 Å². The highest BCUT2D eigenvalue weighted by Gasteiger charge is 2.43. The van der Waals surface area contributed by atoms with Crippen LogP contribution in [-0.2, 0) is 11.3 Å². The Morgan fingerprint density at radius 1 is 1.06 bits per heavy atom. The van der Waals surface area contributed by atoms with Crippen LogP contribution < -0.4 is 9.80 Å².